The molecule has 0 aromatic heterocycles. The molecule has 1 aromatic rings. The standard InChI is InChI=1S/C7H5F2O/c1-10-7-5(8)3-2-4-6(7)9/h2-3H,1H3. The molecule has 0 spiro atoms. The number of methoxy groups -OCH3 is 1. The molecule has 0 atom stereocenters. The summed E-state index contributed by atoms with van der Waals surface area (Å²) < 4.78 is 29.3. The number of ether oxygens (including phenoxy) is 1. The smallest absolute Gasteiger partial charge is 0.191 e. The van der Waals surface area contributed by atoms with Crippen molar-refractivity contribution in [3.63, 3.8) is 0 Å². The molecular weight excluding hydrogens is 138 g/mol. The third-order valence-corrected chi connectivity index (χ3v) is 1.06. The van der Waals surface area contributed by atoms with Crippen molar-refractivity contribution in [2.24, 2.45) is 0 Å². The lowest BCUT2D eigenvalue weighted by atomic mass is 10.3. The average molecular weight is 143 g/mol. The Morgan fingerprint density at radius 1 is 1.50 bits per heavy atom. The zero-order chi connectivity index (χ0) is 7.56. The van der Waals surface area contributed by atoms with Crippen LogP contribution in [0.25, 0.3) is 0 Å². The van der Waals surface area contributed by atoms with Gasteiger partial charge in [0.2, 0.25) is 0 Å². The predicted octanol–water partition coefficient (Wildman–Crippen LogP) is 1.77. The molecule has 53 valence electrons. The first-order valence-corrected chi connectivity index (χ1v) is 2.65. The van der Waals surface area contributed by atoms with Crippen LogP contribution >= 0.6 is 0 Å². The molecule has 0 saturated heterocycles. The Labute approximate surface area is 57.2 Å². The quantitative estimate of drug-likeness (QED) is 0.582. The zero-order valence-electron chi connectivity index (χ0n) is 5.32. The normalized spacial score (nSPS) is 9.50. The fraction of sp³-hybridized carbons (Fsp3) is 0.143. The van der Waals surface area contributed by atoms with Crippen LogP contribution in [0, 0.1) is 17.7 Å². The summed E-state index contributed by atoms with van der Waals surface area (Å²) in [5.74, 6) is -1.90. The van der Waals surface area contributed by atoms with E-state index in [1.54, 1.807) is 0 Å². The third kappa shape index (κ3) is 1.07. The maximum Gasteiger partial charge on any atom is 0.191 e. The lowest BCUT2D eigenvalue weighted by Crippen LogP contribution is -1.91. The molecule has 10 heavy (non-hydrogen) atoms. The van der Waals surface area contributed by atoms with Crippen molar-refractivity contribution in [2.45, 2.75) is 0 Å². The third-order valence-electron chi connectivity index (χ3n) is 1.06. The highest BCUT2D eigenvalue weighted by Gasteiger charge is 2.06. The lowest BCUT2D eigenvalue weighted by molar-refractivity contribution is 0.359. The van der Waals surface area contributed by atoms with E-state index in [0.717, 1.165) is 12.1 Å². The van der Waals surface area contributed by atoms with Gasteiger partial charge in [0, 0.05) is 6.07 Å². The summed E-state index contributed by atoms with van der Waals surface area (Å²) in [5.41, 5.74) is 0. The fourth-order valence-electron chi connectivity index (χ4n) is 0.621. The number of halogens is 2. The summed E-state index contributed by atoms with van der Waals surface area (Å²) in [6, 6.07) is 4.41. The van der Waals surface area contributed by atoms with Gasteiger partial charge in [0.05, 0.1) is 7.11 Å². The van der Waals surface area contributed by atoms with Crippen LogP contribution in [0.4, 0.5) is 8.78 Å². The maximum atomic E-state index is 12.5. The van der Waals surface area contributed by atoms with Crippen LogP contribution < -0.4 is 4.74 Å². The predicted molar refractivity (Wildman–Crippen MR) is 31.7 cm³/mol. The van der Waals surface area contributed by atoms with E-state index in [4.69, 9.17) is 0 Å². The number of rotatable bonds is 1. The van der Waals surface area contributed by atoms with Gasteiger partial charge in [0.15, 0.2) is 17.4 Å². The van der Waals surface area contributed by atoms with E-state index in [-0.39, 0.29) is 5.75 Å². The SMILES string of the molecule is COc1c(F)[c]ccc1F. The van der Waals surface area contributed by atoms with E-state index in [1.165, 1.54) is 7.11 Å². The molecule has 0 aliphatic heterocycles. The first-order chi connectivity index (χ1) is 4.75. The molecule has 1 radical (unpaired) electrons. The fourth-order valence-corrected chi connectivity index (χ4v) is 0.621. The summed E-state index contributed by atoms with van der Waals surface area (Å²) in [4.78, 5) is 0. The van der Waals surface area contributed by atoms with Gasteiger partial charge in [-0.1, -0.05) is 0 Å². The zero-order valence-corrected chi connectivity index (χ0v) is 5.32. The summed E-state index contributed by atoms with van der Waals surface area (Å²) in [6.45, 7) is 0. The van der Waals surface area contributed by atoms with Gasteiger partial charge in [-0.15, -0.1) is 0 Å². The van der Waals surface area contributed by atoms with Gasteiger partial charge in [-0.3, -0.25) is 0 Å². The Morgan fingerprint density at radius 3 is 2.60 bits per heavy atom. The second-order valence-corrected chi connectivity index (χ2v) is 1.67. The van der Waals surface area contributed by atoms with Gasteiger partial charge in [-0.25, -0.2) is 8.78 Å². The molecule has 0 aliphatic carbocycles. The summed E-state index contributed by atoms with van der Waals surface area (Å²) in [6.07, 6.45) is 0. The van der Waals surface area contributed by atoms with Crippen molar-refractivity contribution >= 4 is 0 Å². The molecule has 1 aromatic carbocycles. The Morgan fingerprint density at radius 2 is 2.20 bits per heavy atom. The van der Waals surface area contributed by atoms with Gasteiger partial charge in [0.1, 0.15) is 0 Å². The summed E-state index contributed by atoms with van der Waals surface area (Å²) >= 11 is 0. The Kier molecular flexibility index (Phi) is 1.85. The Bertz CT molecular complexity index is 215. The lowest BCUT2D eigenvalue weighted by Gasteiger charge is -1.99. The Balaban J connectivity index is 3.17. The molecule has 1 rings (SSSR count). The topological polar surface area (TPSA) is 9.23 Å². The molecule has 0 aliphatic rings. The summed E-state index contributed by atoms with van der Waals surface area (Å²) in [5, 5.41) is 0. The molecule has 0 heterocycles. The highest BCUT2D eigenvalue weighted by Crippen LogP contribution is 2.18. The van der Waals surface area contributed by atoms with Crippen LogP contribution in [-0.4, -0.2) is 7.11 Å². The van der Waals surface area contributed by atoms with E-state index in [9.17, 15) is 8.78 Å². The van der Waals surface area contributed by atoms with Gasteiger partial charge in [0.25, 0.3) is 0 Å². The monoisotopic (exact) mass is 143 g/mol. The summed E-state index contributed by atoms with van der Waals surface area (Å²) in [7, 11) is 1.20. The van der Waals surface area contributed by atoms with Crippen molar-refractivity contribution in [2.75, 3.05) is 7.11 Å². The number of benzene rings is 1. The van der Waals surface area contributed by atoms with E-state index in [1.807, 2.05) is 0 Å². The van der Waals surface area contributed by atoms with E-state index < -0.39 is 11.6 Å². The van der Waals surface area contributed by atoms with Gasteiger partial charge < -0.3 is 4.74 Å². The van der Waals surface area contributed by atoms with Crippen molar-refractivity contribution in [3.8, 4) is 5.75 Å². The van der Waals surface area contributed by atoms with Crippen molar-refractivity contribution in [3.05, 3.63) is 29.8 Å². The van der Waals surface area contributed by atoms with Crippen LogP contribution in [-0.2, 0) is 0 Å². The molecule has 1 nitrogen and oxygen atoms in total. The highest BCUT2D eigenvalue weighted by molar-refractivity contribution is 5.24. The first-order valence-electron chi connectivity index (χ1n) is 2.65. The number of hydrogen-bond acceptors (Lipinski definition) is 1. The van der Waals surface area contributed by atoms with Crippen LogP contribution in [0.5, 0.6) is 5.75 Å². The van der Waals surface area contributed by atoms with E-state index in [0.29, 0.717) is 0 Å². The van der Waals surface area contributed by atoms with Gasteiger partial charge in [-0.2, -0.15) is 0 Å². The van der Waals surface area contributed by atoms with Gasteiger partial charge >= 0.3 is 0 Å². The molecule has 0 fully saturated rings. The molecule has 0 unspecified atom stereocenters. The van der Waals surface area contributed by atoms with E-state index >= 15 is 0 Å². The van der Waals surface area contributed by atoms with Crippen LogP contribution in [0.15, 0.2) is 12.1 Å². The van der Waals surface area contributed by atoms with E-state index in [2.05, 4.69) is 10.8 Å². The van der Waals surface area contributed by atoms with Crippen molar-refractivity contribution in [1.82, 2.24) is 0 Å². The van der Waals surface area contributed by atoms with Crippen LogP contribution in [0.2, 0.25) is 0 Å². The minimum Gasteiger partial charge on any atom is -0.491 e. The minimum absolute atomic E-state index is 0.387. The maximum absolute atomic E-state index is 12.5. The van der Waals surface area contributed by atoms with Crippen molar-refractivity contribution in [1.29, 1.82) is 0 Å². The molecule has 3 heteroatoms. The first kappa shape index (κ1) is 6.99. The Hall–Kier alpha value is -1.12. The number of hydrogen-bond donors (Lipinski definition) is 0. The highest BCUT2D eigenvalue weighted by atomic mass is 19.1. The average Bonchev–Trinajstić information content (AvgIpc) is 1.88. The second-order valence-electron chi connectivity index (χ2n) is 1.67. The van der Waals surface area contributed by atoms with Crippen LogP contribution in [0.1, 0.15) is 0 Å². The molecule has 0 amide bonds. The molecule has 0 saturated carbocycles. The second kappa shape index (κ2) is 2.64. The van der Waals surface area contributed by atoms with Crippen molar-refractivity contribution < 1.29 is 13.5 Å². The van der Waals surface area contributed by atoms with Crippen LogP contribution in [0.3, 0.4) is 0 Å². The molecule has 0 bridgehead atoms. The molecular formula is C7H5F2O. The largest absolute Gasteiger partial charge is 0.491 e. The van der Waals surface area contributed by atoms with Gasteiger partial charge in [-0.05, 0) is 12.1 Å². The molecule has 0 N–H and O–H groups in total. The minimum atomic E-state index is -0.803.